The molecule has 1 heterocycles. The Morgan fingerprint density at radius 1 is 0.872 bits per heavy atom. The third-order valence-electron chi connectivity index (χ3n) is 6.29. The number of ether oxygens (including phenoxy) is 3. The molecule has 1 fully saturated rings. The fraction of sp³-hybridized carbons (Fsp3) is 0.258. The highest BCUT2D eigenvalue weighted by molar-refractivity contribution is 6.46. The number of ketones is 1. The summed E-state index contributed by atoms with van der Waals surface area (Å²) in [4.78, 5) is 40.2. The van der Waals surface area contributed by atoms with Gasteiger partial charge < -0.3 is 24.2 Å². The van der Waals surface area contributed by atoms with Gasteiger partial charge >= 0.3 is 5.97 Å². The van der Waals surface area contributed by atoms with E-state index >= 15 is 0 Å². The van der Waals surface area contributed by atoms with Crippen LogP contribution in [-0.2, 0) is 20.9 Å². The lowest BCUT2D eigenvalue weighted by Crippen LogP contribution is -2.29. The Morgan fingerprint density at radius 2 is 1.56 bits per heavy atom. The molecule has 1 amide bonds. The Kier molecular flexibility index (Phi) is 8.66. The van der Waals surface area contributed by atoms with Gasteiger partial charge in [-0.25, -0.2) is 4.79 Å². The standard InChI is InChI=1S/C31H31NO7/c1-4-37-23-16-17-24(25(18-23)38-5-2)28(33)26-27(21-10-8-7-9-11-21)32(30(35)29(26)34)19-20-12-14-22(15-13-20)31(36)39-6-3/h7-18,27,33H,4-6,19H2,1-3H3/b28-26-. The van der Waals surface area contributed by atoms with Crippen molar-refractivity contribution in [3.05, 3.63) is 101 Å². The van der Waals surface area contributed by atoms with Crippen LogP contribution in [0.2, 0.25) is 0 Å². The van der Waals surface area contributed by atoms with Crippen LogP contribution in [0.4, 0.5) is 0 Å². The van der Waals surface area contributed by atoms with Crippen molar-refractivity contribution in [2.75, 3.05) is 19.8 Å². The van der Waals surface area contributed by atoms with Gasteiger partial charge in [0, 0.05) is 12.6 Å². The molecule has 3 aromatic carbocycles. The molecule has 0 radical (unpaired) electrons. The molecular weight excluding hydrogens is 498 g/mol. The summed E-state index contributed by atoms with van der Waals surface area (Å²) in [7, 11) is 0. The third kappa shape index (κ3) is 5.80. The molecule has 1 unspecified atom stereocenters. The minimum Gasteiger partial charge on any atom is -0.507 e. The molecule has 1 aliphatic heterocycles. The number of rotatable bonds is 10. The van der Waals surface area contributed by atoms with Gasteiger partial charge in [-0.3, -0.25) is 9.59 Å². The van der Waals surface area contributed by atoms with Crippen LogP contribution in [0.1, 0.15) is 53.9 Å². The van der Waals surface area contributed by atoms with Crippen LogP contribution in [0.5, 0.6) is 11.5 Å². The molecule has 1 N–H and O–H groups in total. The molecule has 8 nitrogen and oxygen atoms in total. The molecule has 8 heteroatoms. The SMILES string of the molecule is CCOC(=O)c1ccc(CN2C(=O)C(=O)/C(=C(\O)c3ccc(OCC)cc3OCC)C2c2ccccc2)cc1. The molecule has 1 atom stereocenters. The molecular formula is C31H31NO7. The molecule has 0 aliphatic carbocycles. The quantitative estimate of drug-likeness (QED) is 0.165. The lowest BCUT2D eigenvalue weighted by molar-refractivity contribution is -0.140. The maximum Gasteiger partial charge on any atom is 0.338 e. The van der Waals surface area contributed by atoms with Gasteiger partial charge in [-0.05, 0) is 56.2 Å². The van der Waals surface area contributed by atoms with Gasteiger partial charge in [-0.1, -0.05) is 42.5 Å². The van der Waals surface area contributed by atoms with Crippen LogP contribution in [0, 0.1) is 0 Å². The Morgan fingerprint density at radius 3 is 2.21 bits per heavy atom. The first kappa shape index (κ1) is 27.4. The number of likely N-dealkylation sites (tertiary alicyclic amines) is 1. The molecule has 1 aliphatic rings. The highest BCUT2D eigenvalue weighted by Crippen LogP contribution is 2.42. The van der Waals surface area contributed by atoms with Gasteiger partial charge in [0.1, 0.15) is 17.3 Å². The number of benzene rings is 3. The molecule has 0 saturated carbocycles. The van der Waals surface area contributed by atoms with E-state index in [2.05, 4.69) is 0 Å². The smallest absolute Gasteiger partial charge is 0.338 e. The summed E-state index contributed by atoms with van der Waals surface area (Å²) >= 11 is 0. The zero-order valence-electron chi connectivity index (χ0n) is 22.2. The second-order valence-corrected chi connectivity index (χ2v) is 8.78. The first-order valence-corrected chi connectivity index (χ1v) is 12.9. The Labute approximate surface area is 227 Å². The van der Waals surface area contributed by atoms with Gasteiger partial charge in [0.2, 0.25) is 0 Å². The Balaban J connectivity index is 1.78. The van der Waals surface area contributed by atoms with Crippen LogP contribution in [0.25, 0.3) is 5.76 Å². The number of amides is 1. The van der Waals surface area contributed by atoms with Crippen molar-refractivity contribution in [3.8, 4) is 11.5 Å². The number of esters is 1. The van der Waals surface area contributed by atoms with E-state index in [1.807, 2.05) is 44.2 Å². The minimum atomic E-state index is -0.836. The Bertz CT molecular complexity index is 1380. The largest absolute Gasteiger partial charge is 0.507 e. The topological polar surface area (TPSA) is 102 Å². The molecule has 4 rings (SSSR count). The van der Waals surface area contributed by atoms with Crippen LogP contribution >= 0.6 is 0 Å². The summed E-state index contributed by atoms with van der Waals surface area (Å²) in [6.07, 6.45) is 0. The van der Waals surface area contributed by atoms with Crippen molar-refractivity contribution in [1.82, 2.24) is 4.90 Å². The Hall–Kier alpha value is -4.59. The van der Waals surface area contributed by atoms with Crippen molar-refractivity contribution < 1.29 is 33.7 Å². The van der Waals surface area contributed by atoms with Gasteiger partial charge in [0.25, 0.3) is 11.7 Å². The maximum atomic E-state index is 13.4. The number of carbonyl (C=O) groups is 3. The number of aliphatic hydroxyl groups excluding tert-OH is 1. The molecule has 0 spiro atoms. The van der Waals surface area contributed by atoms with Gasteiger partial charge in [-0.15, -0.1) is 0 Å². The first-order valence-electron chi connectivity index (χ1n) is 12.9. The summed E-state index contributed by atoms with van der Waals surface area (Å²) in [5.74, 6) is -1.38. The van der Waals surface area contributed by atoms with Crippen molar-refractivity contribution in [2.45, 2.75) is 33.4 Å². The van der Waals surface area contributed by atoms with E-state index in [1.165, 1.54) is 4.90 Å². The predicted octanol–water partition coefficient (Wildman–Crippen LogP) is 5.28. The van der Waals surface area contributed by atoms with E-state index < -0.39 is 23.7 Å². The number of nitrogens with zero attached hydrogens (tertiary/aromatic N) is 1. The van der Waals surface area contributed by atoms with E-state index in [-0.39, 0.29) is 30.0 Å². The third-order valence-corrected chi connectivity index (χ3v) is 6.29. The van der Waals surface area contributed by atoms with Crippen LogP contribution in [0.15, 0.2) is 78.4 Å². The second-order valence-electron chi connectivity index (χ2n) is 8.78. The number of aliphatic hydroxyl groups is 1. The monoisotopic (exact) mass is 529 g/mol. The zero-order valence-corrected chi connectivity index (χ0v) is 22.2. The van der Waals surface area contributed by atoms with E-state index in [9.17, 15) is 19.5 Å². The normalized spacial score (nSPS) is 16.3. The van der Waals surface area contributed by atoms with Gasteiger partial charge in [-0.2, -0.15) is 0 Å². The zero-order chi connectivity index (χ0) is 27.9. The first-order chi connectivity index (χ1) is 18.9. The van der Waals surface area contributed by atoms with Crippen LogP contribution in [0.3, 0.4) is 0 Å². The van der Waals surface area contributed by atoms with Crippen molar-refractivity contribution in [1.29, 1.82) is 0 Å². The highest BCUT2D eigenvalue weighted by atomic mass is 16.5. The number of hydrogen-bond acceptors (Lipinski definition) is 7. The average Bonchev–Trinajstić information content (AvgIpc) is 3.19. The lowest BCUT2D eigenvalue weighted by atomic mass is 9.95. The molecule has 3 aromatic rings. The van der Waals surface area contributed by atoms with Crippen molar-refractivity contribution >= 4 is 23.4 Å². The van der Waals surface area contributed by atoms with Crippen LogP contribution in [-0.4, -0.2) is 47.5 Å². The fourth-order valence-electron chi connectivity index (χ4n) is 4.56. The van der Waals surface area contributed by atoms with E-state index in [0.29, 0.717) is 41.4 Å². The van der Waals surface area contributed by atoms with E-state index in [4.69, 9.17) is 14.2 Å². The molecule has 0 bridgehead atoms. The second kappa shape index (κ2) is 12.3. The summed E-state index contributed by atoms with van der Waals surface area (Å²) in [6.45, 7) is 6.54. The molecule has 0 aromatic heterocycles. The molecule has 1 saturated heterocycles. The molecule has 202 valence electrons. The summed E-state index contributed by atoms with van der Waals surface area (Å²) < 4.78 is 16.4. The summed E-state index contributed by atoms with van der Waals surface area (Å²) in [5, 5.41) is 11.5. The fourth-order valence-corrected chi connectivity index (χ4v) is 4.56. The van der Waals surface area contributed by atoms with E-state index in [0.717, 1.165) is 0 Å². The minimum absolute atomic E-state index is 0.0283. The van der Waals surface area contributed by atoms with Crippen molar-refractivity contribution in [2.24, 2.45) is 0 Å². The summed E-state index contributed by atoms with van der Waals surface area (Å²) in [6, 6.07) is 19.9. The predicted molar refractivity (Wildman–Crippen MR) is 145 cm³/mol. The average molecular weight is 530 g/mol. The summed E-state index contributed by atoms with van der Waals surface area (Å²) in [5.41, 5.74) is 2.03. The molecule has 39 heavy (non-hydrogen) atoms. The van der Waals surface area contributed by atoms with E-state index in [1.54, 1.807) is 49.4 Å². The maximum absolute atomic E-state index is 13.4. The van der Waals surface area contributed by atoms with Crippen molar-refractivity contribution in [3.63, 3.8) is 0 Å². The number of hydrogen-bond donors (Lipinski definition) is 1. The number of Topliss-reactive ketones (excluding diaryl/α,β-unsaturated/α-hetero) is 1. The van der Waals surface area contributed by atoms with Gasteiger partial charge in [0.05, 0.1) is 42.6 Å². The highest BCUT2D eigenvalue weighted by Gasteiger charge is 2.46. The van der Waals surface area contributed by atoms with Crippen LogP contribution < -0.4 is 9.47 Å². The lowest BCUT2D eigenvalue weighted by Gasteiger charge is -2.25. The number of carbonyl (C=O) groups excluding carboxylic acids is 3. The van der Waals surface area contributed by atoms with Gasteiger partial charge in [0.15, 0.2) is 0 Å².